The molecule has 2 aromatic carbocycles. The van der Waals surface area contributed by atoms with Crippen molar-refractivity contribution in [3.63, 3.8) is 0 Å². The summed E-state index contributed by atoms with van der Waals surface area (Å²) >= 11 is 0. The highest BCUT2D eigenvalue weighted by Crippen LogP contribution is 2.26. The van der Waals surface area contributed by atoms with Crippen LogP contribution >= 0.6 is 0 Å². The van der Waals surface area contributed by atoms with Crippen LogP contribution < -0.4 is 0 Å². The van der Waals surface area contributed by atoms with Gasteiger partial charge in [0.1, 0.15) is 0 Å². The zero-order valence-electron chi connectivity index (χ0n) is 16.2. The van der Waals surface area contributed by atoms with Gasteiger partial charge in [0, 0.05) is 13.1 Å². The number of nitrogens with zero attached hydrogens (tertiary/aromatic N) is 2. The van der Waals surface area contributed by atoms with Crippen LogP contribution in [0.5, 0.6) is 0 Å². The fraction of sp³-hybridized carbons (Fsp3) is 0.273. The number of imide groups is 1. The van der Waals surface area contributed by atoms with Crippen LogP contribution in [0.3, 0.4) is 0 Å². The number of rotatable bonds is 5. The van der Waals surface area contributed by atoms with Crippen LogP contribution in [-0.2, 0) is 20.8 Å². The summed E-state index contributed by atoms with van der Waals surface area (Å²) in [5.74, 6) is -1.88. The van der Waals surface area contributed by atoms with Gasteiger partial charge in [-0.05, 0) is 23.8 Å². The number of benzene rings is 2. The van der Waals surface area contributed by atoms with Gasteiger partial charge >= 0.3 is 5.97 Å². The molecule has 0 spiro atoms. The molecule has 30 heavy (non-hydrogen) atoms. The van der Waals surface area contributed by atoms with E-state index >= 15 is 0 Å². The molecule has 0 N–H and O–H groups in total. The number of fused-ring (bicyclic) bond motifs is 1. The molecule has 2 aromatic rings. The highest BCUT2D eigenvalue weighted by Gasteiger charge is 2.36. The maximum Gasteiger partial charge on any atom is 0.338 e. The van der Waals surface area contributed by atoms with Gasteiger partial charge in [-0.3, -0.25) is 19.3 Å². The van der Waals surface area contributed by atoms with Crippen molar-refractivity contribution in [3.8, 4) is 0 Å². The smallest absolute Gasteiger partial charge is 0.338 e. The lowest BCUT2D eigenvalue weighted by atomic mass is 10.1. The molecule has 4 rings (SSSR count). The Morgan fingerprint density at radius 1 is 0.933 bits per heavy atom. The molecule has 2 aliphatic rings. The van der Waals surface area contributed by atoms with E-state index in [-0.39, 0.29) is 35.7 Å². The van der Waals surface area contributed by atoms with Crippen molar-refractivity contribution in [1.29, 1.82) is 0 Å². The first-order chi connectivity index (χ1) is 14.5. The van der Waals surface area contributed by atoms with Gasteiger partial charge < -0.3 is 14.4 Å². The SMILES string of the molecule is O=C(OCC(=O)N1CCOCC1)c1ccc2c(c1)C(=O)N(Cc1ccccc1)C2=O. The summed E-state index contributed by atoms with van der Waals surface area (Å²) in [5, 5.41) is 0. The van der Waals surface area contributed by atoms with Crippen LogP contribution in [0.25, 0.3) is 0 Å². The lowest BCUT2D eigenvalue weighted by Crippen LogP contribution is -2.42. The molecule has 154 valence electrons. The first-order valence-electron chi connectivity index (χ1n) is 9.61. The molecule has 1 saturated heterocycles. The fourth-order valence-electron chi connectivity index (χ4n) is 3.44. The van der Waals surface area contributed by atoms with E-state index in [4.69, 9.17) is 9.47 Å². The number of ether oxygens (including phenoxy) is 2. The Morgan fingerprint density at radius 2 is 1.63 bits per heavy atom. The van der Waals surface area contributed by atoms with E-state index < -0.39 is 17.8 Å². The summed E-state index contributed by atoms with van der Waals surface area (Å²) in [6, 6.07) is 13.4. The van der Waals surface area contributed by atoms with Gasteiger partial charge in [0.05, 0.1) is 36.4 Å². The lowest BCUT2D eigenvalue weighted by molar-refractivity contribution is -0.138. The molecule has 0 bridgehead atoms. The van der Waals surface area contributed by atoms with Gasteiger partial charge in [-0.25, -0.2) is 4.79 Å². The van der Waals surface area contributed by atoms with E-state index in [0.717, 1.165) is 10.5 Å². The van der Waals surface area contributed by atoms with Crippen molar-refractivity contribution in [1.82, 2.24) is 9.80 Å². The molecule has 3 amide bonds. The van der Waals surface area contributed by atoms with Crippen LogP contribution in [-0.4, -0.2) is 66.4 Å². The second-order valence-electron chi connectivity index (χ2n) is 7.01. The van der Waals surface area contributed by atoms with Crippen LogP contribution in [0.2, 0.25) is 0 Å². The maximum absolute atomic E-state index is 12.7. The molecule has 2 heterocycles. The summed E-state index contributed by atoms with van der Waals surface area (Å²) < 4.78 is 10.3. The van der Waals surface area contributed by atoms with E-state index in [1.807, 2.05) is 30.3 Å². The molecule has 0 radical (unpaired) electrons. The van der Waals surface area contributed by atoms with E-state index in [0.29, 0.717) is 26.3 Å². The molecule has 8 nitrogen and oxygen atoms in total. The minimum absolute atomic E-state index is 0.117. The number of hydrogen-bond acceptors (Lipinski definition) is 6. The summed E-state index contributed by atoms with van der Waals surface area (Å²) in [6.45, 7) is 1.61. The first kappa shape index (κ1) is 19.8. The van der Waals surface area contributed by atoms with E-state index in [1.165, 1.54) is 18.2 Å². The molecular formula is C22H20N2O6. The van der Waals surface area contributed by atoms with E-state index in [9.17, 15) is 19.2 Å². The highest BCUT2D eigenvalue weighted by molar-refractivity contribution is 6.21. The quantitative estimate of drug-likeness (QED) is 0.550. The number of esters is 1. The molecule has 1 fully saturated rings. The Labute approximate surface area is 173 Å². The Bertz CT molecular complexity index is 998. The molecule has 8 heteroatoms. The summed E-state index contributed by atoms with van der Waals surface area (Å²) in [7, 11) is 0. The number of carbonyl (C=O) groups is 4. The van der Waals surface area contributed by atoms with Gasteiger partial charge in [-0.2, -0.15) is 0 Å². The highest BCUT2D eigenvalue weighted by atomic mass is 16.5. The van der Waals surface area contributed by atoms with Gasteiger partial charge in [0.15, 0.2) is 6.61 Å². The van der Waals surface area contributed by atoms with Gasteiger partial charge in [0.25, 0.3) is 17.7 Å². The van der Waals surface area contributed by atoms with Crippen molar-refractivity contribution in [2.24, 2.45) is 0 Å². The number of hydrogen-bond donors (Lipinski definition) is 0. The summed E-state index contributed by atoms with van der Waals surface area (Å²) in [6.07, 6.45) is 0. The number of carbonyl (C=O) groups excluding carboxylic acids is 4. The third kappa shape index (κ3) is 3.95. The predicted octanol–water partition coefficient (Wildman–Crippen LogP) is 1.50. The largest absolute Gasteiger partial charge is 0.452 e. The third-order valence-electron chi connectivity index (χ3n) is 5.08. The van der Waals surface area contributed by atoms with Crippen LogP contribution in [0.15, 0.2) is 48.5 Å². The first-order valence-corrected chi connectivity index (χ1v) is 9.61. The number of morpholine rings is 1. The molecule has 0 atom stereocenters. The molecule has 2 aliphatic heterocycles. The molecular weight excluding hydrogens is 388 g/mol. The maximum atomic E-state index is 12.7. The normalized spacial score (nSPS) is 15.9. The molecule has 0 saturated carbocycles. The van der Waals surface area contributed by atoms with E-state index in [1.54, 1.807) is 4.90 Å². The predicted molar refractivity (Wildman–Crippen MR) is 105 cm³/mol. The van der Waals surface area contributed by atoms with Gasteiger partial charge in [-0.15, -0.1) is 0 Å². The average molecular weight is 408 g/mol. The molecule has 0 aromatic heterocycles. The Morgan fingerprint density at radius 3 is 2.37 bits per heavy atom. The van der Waals surface area contributed by atoms with Crippen molar-refractivity contribution in [3.05, 3.63) is 70.8 Å². The van der Waals surface area contributed by atoms with Crippen LogP contribution in [0.1, 0.15) is 36.6 Å². The number of amides is 3. The standard InChI is InChI=1S/C22H20N2O6/c25-19(23-8-10-29-11-9-23)14-30-22(28)16-6-7-17-18(12-16)21(27)24(20(17)26)13-15-4-2-1-3-5-15/h1-7,12H,8-11,13-14H2. The Balaban J connectivity index is 1.43. The second kappa shape index (κ2) is 8.46. The molecule has 0 aliphatic carbocycles. The van der Waals surface area contributed by atoms with Crippen molar-refractivity contribution in [2.45, 2.75) is 6.54 Å². The summed E-state index contributed by atoms with van der Waals surface area (Å²) in [5.41, 5.74) is 1.35. The van der Waals surface area contributed by atoms with Crippen molar-refractivity contribution < 1.29 is 28.7 Å². The fourth-order valence-corrected chi connectivity index (χ4v) is 3.44. The minimum Gasteiger partial charge on any atom is -0.452 e. The van der Waals surface area contributed by atoms with Crippen LogP contribution in [0.4, 0.5) is 0 Å². The van der Waals surface area contributed by atoms with Crippen LogP contribution in [0, 0.1) is 0 Å². The van der Waals surface area contributed by atoms with Crippen molar-refractivity contribution in [2.75, 3.05) is 32.9 Å². The summed E-state index contributed by atoms with van der Waals surface area (Å²) in [4.78, 5) is 52.6. The Hall–Kier alpha value is -3.52. The molecule has 0 unspecified atom stereocenters. The van der Waals surface area contributed by atoms with Gasteiger partial charge in [-0.1, -0.05) is 30.3 Å². The Kier molecular flexibility index (Phi) is 5.58. The zero-order chi connectivity index (χ0) is 21.1. The zero-order valence-corrected chi connectivity index (χ0v) is 16.2. The second-order valence-corrected chi connectivity index (χ2v) is 7.01. The lowest BCUT2D eigenvalue weighted by Gasteiger charge is -2.26. The monoisotopic (exact) mass is 408 g/mol. The average Bonchev–Trinajstić information content (AvgIpc) is 3.03. The minimum atomic E-state index is -0.721. The third-order valence-corrected chi connectivity index (χ3v) is 5.08. The van der Waals surface area contributed by atoms with Crippen molar-refractivity contribution >= 4 is 23.7 Å². The van der Waals surface area contributed by atoms with E-state index in [2.05, 4.69) is 0 Å². The topological polar surface area (TPSA) is 93.2 Å². The van der Waals surface area contributed by atoms with Gasteiger partial charge in [0.2, 0.25) is 0 Å².